The molecule has 0 aliphatic rings. The van der Waals surface area contributed by atoms with Gasteiger partial charge >= 0.3 is 0 Å². The molecule has 0 radical (unpaired) electrons. The number of aliphatic hydroxyl groups excluding tert-OH is 1. The summed E-state index contributed by atoms with van der Waals surface area (Å²) in [5.74, 6) is 0.925. The Hall–Kier alpha value is -1.02. The molecule has 0 heterocycles. The summed E-state index contributed by atoms with van der Waals surface area (Å²) < 4.78 is 5.64. The van der Waals surface area contributed by atoms with Crippen LogP contribution in [0.4, 0.5) is 0 Å². The molecule has 17 heavy (non-hydrogen) atoms. The van der Waals surface area contributed by atoms with Crippen LogP contribution in [0.1, 0.15) is 39.5 Å². The maximum absolute atomic E-state index is 9.39. The highest BCUT2D eigenvalue weighted by Gasteiger charge is 2.21. The fraction of sp³-hybridized carbons (Fsp3) is 0.600. The van der Waals surface area contributed by atoms with E-state index in [9.17, 15) is 5.11 Å². The normalized spacial score (nSPS) is 14.3. The van der Waals surface area contributed by atoms with Gasteiger partial charge in [-0.15, -0.1) is 0 Å². The smallest absolute Gasteiger partial charge is 0.119 e. The first-order valence-electron chi connectivity index (χ1n) is 6.49. The predicted molar refractivity (Wildman–Crippen MR) is 71.3 cm³/mol. The molecular formula is C15H24O2. The lowest BCUT2D eigenvalue weighted by Gasteiger charge is -2.26. The molecule has 1 rings (SSSR count). The minimum absolute atomic E-state index is 0.0643. The van der Waals surface area contributed by atoms with Gasteiger partial charge in [-0.2, -0.15) is 0 Å². The van der Waals surface area contributed by atoms with Crippen LogP contribution in [0, 0.1) is 5.41 Å². The molecule has 2 heteroatoms. The topological polar surface area (TPSA) is 29.5 Å². The van der Waals surface area contributed by atoms with Crippen LogP contribution in [-0.4, -0.2) is 18.3 Å². The largest absolute Gasteiger partial charge is 0.494 e. The summed E-state index contributed by atoms with van der Waals surface area (Å²) in [6, 6.07) is 9.88. The van der Waals surface area contributed by atoms with E-state index < -0.39 is 0 Å². The van der Waals surface area contributed by atoms with Crippen molar-refractivity contribution in [2.45, 2.75) is 39.5 Å². The minimum atomic E-state index is 0.0643. The molecule has 0 aliphatic carbocycles. The standard InChI is InChI=1S/C15H24O2/c1-3-10-15(2,13-16)11-7-12-17-14-8-5-4-6-9-14/h4-6,8-9,16H,3,7,10-13H2,1-2H3. The van der Waals surface area contributed by atoms with Crippen molar-refractivity contribution in [3.63, 3.8) is 0 Å². The zero-order valence-electron chi connectivity index (χ0n) is 11.0. The third-order valence-electron chi connectivity index (χ3n) is 3.17. The van der Waals surface area contributed by atoms with Crippen molar-refractivity contribution in [1.29, 1.82) is 0 Å². The van der Waals surface area contributed by atoms with E-state index >= 15 is 0 Å². The number of ether oxygens (including phenoxy) is 1. The lowest BCUT2D eigenvalue weighted by molar-refractivity contribution is 0.113. The Morgan fingerprint density at radius 1 is 1.18 bits per heavy atom. The summed E-state index contributed by atoms with van der Waals surface area (Å²) in [6.45, 7) is 5.31. The molecule has 2 nitrogen and oxygen atoms in total. The number of rotatable bonds is 8. The summed E-state index contributed by atoms with van der Waals surface area (Å²) in [5, 5.41) is 9.39. The average molecular weight is 236 g/mol. The first-order chi connectivity index (χ1) is 8.20. The van der Waals surface area contributed by atoms with Crippen LogP contribution in [0.3, 0.4) is 0 Å². The van der Waals surface area contributed by atoms with Gasteiger partial charge in [-0.3, -0.25) is 0 Å². The molecule has 1 aromatic carbocycles. The highest BCUT2D eigenvalue weighted by Crippen LogP contribution is 2.28. The Bertz CT molecular complexity index is 297. The molecule has 1 aromatic rings. The number of hydrogen-bond acceptors (Lipinski definition) is 2. The fourth-order valence-corrected chi connectivity index (χ4v) is 2.09. The van der Waals surface area contributed by atoms with Crippen molar-refractivity contribution in [3.8, 4) is 5.75 Å². The first kappa shape index (κ1) is 14.0. The van der Waals surface area contributed by atoms with Crippen molar-refractivity contribution in [2.75, 3.05) is 13.2 Å². The molecule has 0 amide bonds. The fourth-order valence-electron chi connectivity index (χ4n) is 2.09. The first-order valence-corrected chi connectivity index (χ1v) is 6.49. The third kappa shape index (κ3) is 5.22. The van der Waals surface area contributed by atoms with Gasteiger partial charge in [-0.25, -0.2) is 0 Å². The Kier molecular flexibility index (Phi) is 6.06. The molecule has 0 saturated carbocycles. The summed E-state index contributed by atoms with van der Waals surface area (Å²) in [7, 11) is 0. The molecule has 0 fully saturated rings. The van der Waals surface area contributed by atoms with Gasteiger partial charge < -0.3 is 9.84 Å². The molecule has 96 valence electrons. The molecular weight excluding hydrogens is 212 g/mol. The second kappa shape index (κ2) is 7.33. The quantitative estimate of drug-likeness (QED) is 0.698. The van der Waals surface area contributed by atoms with Crippen molar-refractivity contribution in [2.24, 2.45) is 5.41 Å². The van der Waals surface area contributed by atoms with Crippen LogP contribution in [0.2, 0.25) is 0 Å². The van der Waals surface area contributed by atoms with E-state index in [1.807, 2.05) is 30.3 Å². The van der Waals surface area contributed by atoms with E-state index in [1.165, 1.54) is 0 Å². The van der Waals surface area contributed by atoms with Gasteiger partial charge in [0.1, 0.15) is 5.75 Å². The summed E-state index contributed by atoms with van der Waals surface area (Å²) >= 11 is 0. The molecule has 0 bridgehead atoms. The van der Waals surface area contributed by atoms with E-state index in [4.69, 9.17) is 4.74 Å². The predicted octanol–water partition coefficient (Wildman–Crippen LogP) is 3.64. The van der Waals surface area contributed by atoms with E-state index in [0.717, 1.165) is 38.0 Å². The molecule has 0 spiro atoms. The second-order valence-electron chi connectivity index (χ2n) is 4.98. The van der Waals surface area contributed by atoms with E-state index in [1.54, 1.807) is 0 Å². The zero-order chi connectivity index (χ0) is 12.6. The maximum Gasteiger partial charge on any atom is 0.119 e. The van der Waals surface area contributed by atoms with Crippen LogP contribution in [-0.2, 0) is 0 Å². The monoisotopic (exact) mass is 236 g/mol. The Labute approximate surface area is 105 Å². The minimum Gasteiger partial charge on any atom is -0.494 e. The van der Waals surface area contributed by atoms with Gasteiger partial charge in [-0.1, -0.05) is 38.5 Å². The van der Waals surface area contributed by atoms with Crippen molar-refractivity contribution < 1.29 is 9.84 Å². The van der Waals surface area contributed by atoms with Gasteiger partial charge in [0.15, 0.2) is 0 Å². The van der Waals surface area contributed by atoms with Gasteiger partial charge in [-0.05, 0) is 36.8 Å². The highest BCUT2D eigenvalue weighted by atomic mass is 16.5. The maximum atomic E-state index is 9.39. The summed E-state index contributed by atoms with van der Waals surface area (Å²) in [6.07, 6.45) is 4.21. The highest BCUT2D eigenvalue weighted by molar-refractivity contribution is 5.20. The van der Waals surface area contributed by atoms with Gasteiger partial charge in [0.25, 0.3) is 0 Å². The van der Waals surface area contributed by atoms with E-state index in [-0.39, 0.29) is 12.0 Å². The summed E-state index contributed by atoms with van der Waals surface area (Å²) in [5.41, 5.74) is 0.0643. The Morgan fingerprint density at radius 2 is 1.88 bits per heavy atom. The molecule has 1 N–H and O–H groups in total. The SMILES string of the molecule is CCCC(C)(CO)CCCOc1ccccc1. The molecule has 0 aliphatic heterocycles. The molecule has 1 unspecified atom stereocenters. The zero-order valence-corrected chi connectivity index (χ0v) is 11.0. The van der Waals surface area contributed by atoms with Crippen molar-refractivity contribution in [3.05, 3.63) is 30.3 Å². The van der Waals surface area contributed by atoms with Crippen molar-refractivity contribution >= 4 is 0 Å². The van der Waals surface area contributed by atoms with Crippen LogP contribution in [0.25, 0.3) is 0 Å². The van der Waals surface area contributed by atoms with E-state index in [2.05, 4.69) is 13.8 Å². The molecule has 0 aromatic heterocycles. The lowest BCUT2D eigenvalue weighted by atomic mass is 9.82. The van der Waals surface area contributed by atoms with Gasteiger partial charge in [0.2, 0.25) is 0 Å². The molecule has 0 saturated heterocycles. The van der Waals surface area contributed by atoms with Gasteiger partial charge in [0, 0.05) is 6.61 Å². The number of aliphatic hydroxyl groups is 1. The number of benzene rings is 1. The lowest BCUT2D eigenvalue weighted by Crippen LogP contribution is -2.22. The number of para-hydroxylation sites is 1. The van der Waals surface area contributed by atoms with E-state index in [0.29, 0.717) is 0 Å². The van der Waals surface area contributed by atoms with Crippen molar-refractivity contribution in [1.82, 2.24) is 0 Å². The second-order valence-corrected chi connectivity index (χ2v) is 4.98. The Balaban J connectivity index is 2.23. The average Bonchev–Trinajstić information content (AvgIpc) is 2.36. The van der Waals surface area contributed by atoms with Gasteiger partial charge in [0.05, 0.1) is 6.61 Å². The third-order valence-corrected chi connectivity index (χ3v) is 3.17. The van der Waals surface area contributed by atoms with Crippen LogP contribution < -0.4 is 4.74 Å². The van der Waals surface area contributed by atoms with Crippen LogP contribution in [0.15, 0.2) is 30.3 Å². The van der Waals surface area contributed by atoms with Crippen LogP contribution in [0.5, 0.6) is 5.75 Å². The number of hydrogen-bond donors (Lipinski definition) is 1. The Morgan fingerprint density at radius 3 is 2.47 bits per heavy atom. The van der Waals surface area contributed by atoms with Crippen LogP contribution >= 0.6 is 0 Å². The summed E-state index contributed by atoms with van der Waals surface area (Å²) in [4.78, 5) is 0. The molecule has 1 atom stereocenters.